The molecule has 2 aromatic rings. The molecule has 0 fully saturated rings. The fourth-order valence-corrected chi connectivity index (χ4v) is 3.72. The molecule has 1 atom stereocenters. The molecule has 1 unspecified atom stereocenters. The molecule has 6 nitrogen and oxygen atoms in total. The minimum absolute atomic E-state index is 0.0276. The zero-order valence-electron chi connectivity index (χ0n) is 15.4. The highest BCUT2D eigenvalue weighted by molar-refractivity contribution is 6.06. The van der Waals surface area contributed by atoms with Gasteiger partial charge in [0.1, 0.15) is 12.4 Å². The molecule has 4 rings (SSSR count). The Hall–Kier alpha value is -3.35. The van der Waals surface area contributed by atoms with Gasteiger partial charge in [-0.05, 0) is 35.9 Å². The molecule has 2 heterocycles. The van der Waals surface area contributed by atoms with Gasteiger partial charge >= 0.3 is 5.97 Å². The lowest BCUT2D eigenvalue weighted by atomic mass is 9.84. The highest BCUT2D eigenvalue weighted by Gasteiger charge is 2.43. The fraction of sp³-hybridized carbons (Fsp3) is 0.238. The smallest absolute Gasteiger partial charge is 0.336 e. The van der Waals surface area contributed by atoms with Crippen LogP contribution < -0.4 is 14.4 Å². The fourth-order valence-electron chi connectivity index (χ4n) is 3.72. The highest BCUT2D eigenvalue weighted by atomic mass is 19.1. The summed E-state index contributed by atoms with van der Waals surface area (Å²) in [4.78, 5) is 26.8. The first-order chi connectivity index (χ1) is 13.5. The number of methoxy groups -OCH3 is 2. The topological polar surface area (TPSA) is 65.1 Å². The average molecular weight is 383 g/mol. The van der Waals surface area contributed by atoms with Crippen LogP contribution in [-0.4, -0.2) is 32.7 Å². The molecule has 2 aromatic carbocycles. The number of hydrogen-bond acceptors (Lipinski definition) is 5. The largest absolute Gasteiger partial charge is 0.493 e. The minimum atomic E-state index is -0.470. The van der Waals surface area contributed by atoms with Crippen molar-refractivity contribution in [3.05, 3.63) is 65.1 Å². The molecule has 0 saturated heterocycles. The number of amides is 1. The van der Waals surface area contributed by atoms with Crippen LogP contribution in [0.3, 0.4) is 0 Å². The first-order valence-electron chi connectivity index (χ1n) is 8.74. The van der Waals surface area contributed by atoms with Gasteiger partial charge in [-0.25, -0.2) is 9.18 Å². The van der Waals surface area contributed by atoms with E-state index >= 15 is 0 Å². The molecule has 0 aromatic heterocycles. The molecule has 0 saturated carbocycles. The van der Waals surface area contributed by atoms with Crippen LogP contribution in [0.15, 0.2) is 53.7 Å². The molecule has 0 radical (unpaired) electrons. The summed E-state index contributed by atoms with van der Waals surface area (Å²) >= 11 is 0. The lowest BCUT2D eigenvalue weighted by Gasteiger charge is -2.32. The molecule has 144 valence electrons. The van der Waals surface area contributed by atoms with Gasteiger partial charge in [-0.2, -0.15) is 0 Å². The van der Waals surface area contributed by atoms with E-state index in [2.05, 4.69) is 0 Å². The van der Waals surface area contributed by atoms with Crippen LogP contribution in [0.25, 0.3) is 0 Å². The van der Waals surface area contributed by atoms with Crippen molar-refractivity contribution in [3.8, 4) is 11.5 Å². The number of anilines is 1. The Morgan fingerprint density at radius 1 is 1.07 bits per heavy atom. The summed E-state index contributed by atoms with van der Waals surface area (Å²) in [5, 5.41) is 0. The van der Waals surface area contributed by atoms with Gasteiger partial charge in [0, 0.05) is 12.3 Å². The van der Waals surface area contributed by atoms with E-state index in [0.717, 1.165) is 5.56 Å². The Balaban J connectivity index is 1.81. The lowest BCUT2D eigenvalue weighted by molar-refractivity contribution is -0.136. The number of nitrogens with zero attached hydrogens (tertiary/aromatic N) is 1. The van der Waals surface area contributed by atoms with Crippen LogP contribution in [0.2, 0.25) is 0 Å². The molecular formula is C21H18FNO5. The monoisotopic (exact) mass is 383 g/mol. The molecule has 1 amide bonds. The summed E-state index contributed by atoms with van der Waals surface area (Å²) < 4.78 is 29.5. The highest BCUT2D eigenvalue weighted by Crippen LogP contribution is 2.43. The molecular weight excluding hydrogens is 365 g/mol. The maximum atomic E-state index is 13.7. The summed E-state index contributed by atoms with van der Waals surface area (Å²) in [7, 11) is 3.06. The summed E-state index contributed by atoms with van der Waals surface area (Å²) in [6.07, 6.45) is 0.0555. The number of hydrogen-bond donors (Lipinski definition) is 0. The lowest BCUT2D eigenvalue weighted by Crippen LogP contribution is -2.37. The number of carbonyl (C=O) groups excluding carboxylic acids is 2. The van der Waals surface area contributed by atoms with E-state index in [4.69, 9.17) is 14.2 Å². The summed E-state index contributed by atoms with van der Waals surface area (Å²) in [6, 6.07) is 11.0. The van der Waals surface area contributed by atoms with Crippen molar-refractivity contribution in [3.63, 3.8) is 0 Å². The molecule has 0 aliphatic carbocycles. The first kappa shape index (κ1) is 18.0. The number of halogens is 1. The second kappa shape index (κ2) is 6.99. The quantitative estimate of drug-likeness (QED) is 0.759. The maximum Gasteiger partial charge on any atom is 0.336 e. The molecule has 0 N–H and O–H groups in total. The van der Waals surface area contributed by atoms with Gasteiger partial charge in [-0.15, -0.1) is 0 Å². The maximum absolute atomic E-state index is 13.7. The normalized spacial score (nSPS) is 18.8. The van der Waals surface area contributed by atoms with E-state index in [1.54, 1.807) is 24.3 Å². The van der Waals surface area contributed by atoms with Crippen molar-refractivity contribution in [2.24, 2.45) is 0 Å². The van der Waals surface area contributed by atoms with Gasteiger partial charge in [0.25, 0.3) is 0 Å². The van der Waals surface area contributed by atoms with Gasteiger partial charge in [-0.3, -0.25) is 9.69 Å². The van der Waals surface area contributed by atoms with E-state index < -0.39 is 17.7 Å². The SMILES string of the molecule is COc1ccc(C2CC(=O)N(c3cccc(F)c3)C3=C2C(=O)OC3)cc1OC. The average Bonchev–Trinajstić information content (AvgIpc) is 3.08. The second-order valence-electron chi connectivity index (χ2n) is 6.52. The zero-order valence-corrected chi connectivity index (χ0v) is 15.4. The third-order valence-electron chi connectivity index (χ3n) is 4.99. The standard InChI is InChI=1S/C21H18FNO5/c1-26-17-7-6-12(8-18(17)27-2)15-10-19(24)23(14-5-3-4-13(22)9-14)16-11-28-21(25)20(15)16/h3-9,15H,10-11H2,1-2H3. The minimum Gasteiger partial charge on any atom is -0.493 e. The van der Waals surface area contributed by atoms with Crippen molar-refractivity contribution < 1.29 is 28.2 Å². The summed E-state index contributed by atoms with van der Waals surface area (Å²) in [5.74, 6) is -0.570. The van der Waals surface area contributed by atoms with Gasteiger partial charge in [0.15, 0.2) is 11.5 Å². The van der Waals surface area contributed by atoms with Crippen molar-refractivity contribution in [1.82, 2.24) is 0 Å². The Morgan fingerprint density at radius 2 is 1.86 bits per heavy atom. The van der Waals surface area contributed by atoms with E-state index in [0.29, 0.717) is 28.5 Å². The predicted molar refractivity (Wildman–Crippen MR) is 98.8 cm³/mol. The zero-order chi connectivity index (χ0) is 19.8. The number of cyclic esters (lactones) is 1. The van der Waals surface area contributed by atoms with Crippen LogP contribution >= 0.6 is 0 Å². The number of rotatable bonds is 4. The Morgan fingerprint density at radius 3 is 2.57 bits per heavy atom. The molecule has 0 bridgehead atoms. The van der Waals surface area contributed by atoms with E-state index in [1.165, 1.54) is 37.3 Å². The van der Waals surface area contributed by atoms with Crippen LogP contribution in [-0.2, 0) is 14.3 Å². The third-order valence-corrected chi connectivity index (χ3v) is 4.99. The van der Waals surface area contributed by atoms with Crippen LogP contribution in [0.1, 0.15) is 17.9 Å². The Labute approximate surface area is 161 Å². The van der Waals surface area contributed by atoms with Gasteiger partial charge in [-0.1, -0.05) is 12.1 Å². The van der Waals surface area contributed by atoms with E-state index in [-0.39, 0.29) is 18.9 Å². The summed E-state index contributed by atoms with van der Waals surface area (Å²) in [5.41, 5.74) is 1.99. The Bertz CT molecular complexity index is 1000. The summed E-state index contributed by atoms with van der Waals surface area (Å²) in [6.45, 7) is -0.0276. The molecule has 7 heteroatoms. The first-order valence-corrected chi connectivity index (χ1v) is 8.74. The number of esters is 1. The molecule has 2 aliphatic heterocycles. The van der Waals surface area contributed by atoms with Crippen LogP contribution in [0.4, 0.5) is 10.1 Å². The third kappa shape index (κ3) is 2.89. The molecule has 28 heavy (non-hydrogen) atoms. The van der Waals surface area contributed by atoms with Crippen molar-refractivity contribution in [1.29, 1.82) is 0 Å². The predicted octanol–water partition coefficient (Wildman–Crippen LogP) is 3.17. The van der Waals surface area contributed by atoms with E-state index in [1.807, 2.05) is 0 Å². The second-order valence-corrected chi connectivity index (χ2v) is 6.52. The molecule has 2 aliphatic rings. The van der Waals surface area contributed by atoms with Gasteiger partial charge < -0.3 is 14.2 Å². The van der Waals surface area contributed by atoms with Crippen molar-refractivity contribution in [2.75, 3.05) is 25.7 Å². The van der Waals surface area contributed by atoms with E-state index in [9.17, 15) is 14.0 Å². The van der Waals surface area contributed by atoms with Crippen molar-refractivity contribution in [2.45, 2.75) is 12.3 Å². The number of ether oxygens (including phenoxy) is 3. The Kier molecular flexibility index (Phi) is 4.50. The van der Waals surface area contributed by atoms with Crippen LogP contribution in [0.5, 0.6) is 11.5 Å². The number of benzene rings is 2. The van der Waals surface area contributed by atoms with Gasteiger partial charge in [0.05, 0.1) is 31.2 Å². The van der Waals surface area contributed by atoms with Crippen molar-refractivity contribution >= 4 is 17.6 Å². The van der Waals surface area contributed by atoms with Gasteiger partial charge in [0.2, 0.25) is 5.91 Å². The molecule has 0 spiro atoms. The van der Waals surface area contributed by atoms with Crippen LogP contribution in [0, 0.1) is 5.82 Å². The number of carbonyl (C=O) groups is 2.